The molecule has 0 saturated carbocycles. The Labute approximate surface area is 83.6 Å². The van der Waals surface area contributed by atoms with Crippen molar-refractivity contribution in [1.82, 2.24) is 9.97 Å². The van der Waals surface area contributed by atoms with Gasteiger partial charge in [0.25, 0.3) is 0 Å². The molecule has 2 rings (SSSR count). The molecule has 0 aliphatic heterocycles. The Hall–Kier alpha value is -1.25. The summed E-state index contributed by atoms with van der Waals surface area (Å²) < 4.78 is 0. The number of nitrogens with zero attached hydrogens (tertiary/aromatic N) is 2. The molecule has 1 heterocycles. The number of fused-ring (bicyclic) bond motifs is 1. The molecule has 0 fully saturated rings. The summed E-state index contributed by atoms with van der Waals surface area (Å²) in [7, 11) is 0. The molecule has 1 aliphatic carbocycles. The summed E-state index contributed by atoms with van der Waals surface area (Å²) in [5.41, 5.74) is 2.55. The molecule has 14 heavy (non-hydrogen) atoms. The third kappa shape index (κ3) is 1.43. The average Bonchev–Trinajstić information content (AvgIpc) is 1.99. The zero-order chi connectivity index (χ0) is 10.3. The highest BCUT2D eigenvalue weighted by molar-refractivity contribution is 5.99. The summed E-state index contributed by atoms with van der Waals surface area (Å²) in [6.07, 6.45) is 1.55. The van der Waals surface area contributed by atoms with Gasteiger partial charge in [0.1, 0.15) is 5.82 Å². The number of aromatic nitrogens is 2. The second kappa shape index (κ2) is 3.15. The predicted octanol–water partition coefficient (Wildman–Crippen LogP) is 1.86. The van der Waals surface area contributed by atoms with Crippen LogP contribution in [0.25, 0.3) is 0 Å². The first kappa shape index (κ1) is 9.31. The lowest BCUT2D eigenvalue weighted by atomic mass is 9.86. The lowest BCUT2D eigenvalue weighted by Crippen LogP contribution is -2.22. The molecule has 3 heteroatoms. The predicted molar refractivity (Wildman–Crippen MR) is 53.3 cm³/mol. The van der Waals surface area contributed by atoms with Gasteiger partial charge in [-0.1, -0.05) is 6.92 Å². The van der Waals surface area contributed by atoms with Gasteiger partial charge >= 0.3 is 0 Å². The number of aryl methyl sites for hydroxylation is 2. The highest BCUT2D eigenvalue weighted by atomic mass is 16.1. The molecule has 1 unspecified atom stereocenters. The van der Waals surface area contributed by atoms with E-state index in [4.69, 9.17) is 0 Å². The van der Waals surface area contributed by atoms with Gasteiger partial charge < -0.3 is 0 Å². The average molecular weight is 190 g/mol. The Morgan fingerprint density at radius 1 is 1.21 bits per heavy atom. The van der Waals surface area contributed by atoms with Crippen LogP contribution in [0.4, 0.5) is 0 Å². The number of rotatable bonds is 0. The molecule has 1 atom stereocenters. The Balaban J connectivity index is 2.59. The molecule has 0 amide bonds. The standard InChI is InChI=1S/C11H14N2O/c1-6-4-9-11(10(14)5-6)7(2)12-8(3)13-9/h6H,4-5H2,1-3H3. The van der Waals surface area contributed by atoms with Crippen molar-refractivity contribution in [2.45, 2.75) is 33.6 Å². The van der Waals surface area contributed by atoms with Crippen LogP contribution in [0.3, 0.4) is 0 Å². The van der Waals surface area contributed by atoms with Gasteiger partial charge in [-0.3, -0.25) is 4.79 Å². The van der Waals surface area contributed by atoms with Crippen LogP contribution in [0.5, 0.6) is 0 Å². The van der Waals surface area contributed by atoms with Gasteiger partial charge in [0, 0.05) is 6.42 Å². The van der Waals surface area contributed by atoms with E-state index in [9.17, 15) is 4.79 Å². The summed E-state index contributed by atoms with van der Waals surface area (Å²) in [5.74, 6) is 1.39. The van der Waals surface area contributed by atoms with E-state index in [1.165, 1.54) is 0 Å². The van der Waals surface area contributed by atoms with E-state index < -0.39 is 0 Å². The minimum atomic E-state index is 0.205. The van der Waals surface area contributed by atoms with Gasteiger partial charge in [0.15, 0.2) is 5.78 Å². The summed E-state index contributed by atoms with van der Waals surface area (Å²) in [5, 5.41) is 0. The number of hydrogen-bond donors (Lipinski definition) is 0. The smallest absolute Gasteiger partial charge is 0.166 e. The second-order valence-electron chi connectivity index (χ2n) is 4.11. The van der Waals surface area contributed by atoms with Crippen LogP contribution < -0.4 is 0 Å². The maximum Gasteiger partial charge on any atom is 0.166 e. The van der Waals surface area contributed by atoms with Crippen LogP contribution in [0, 0.1) is 19.8 Å². The molecule has 0 spiro atoms. The fourth-order valence-corrected chi connectivity index (χ4v) is 2.11. The number of carbonyl (C=O) groups is 1. The monoisotopic (exact) mass is 190 g/mol. The van der Waals surface area contributed by atoms with Crippen LogP contribution in [-0.2, 0) is 6.42 Å². The molecule has 0 saturated heterocycles. The van der Waals surface area contributed by atoms with E-state index in [-0.39, 0.29) is 5.78 Å². The first-order valence-electron chi connectivity index (χ1n) is 4.95. The minimum absolute atomic E-state index is 0.205. The zero-order valence-corrected chi connectivity index (χ0v) is 8.79. The van der Waals surface area contributed by atoms with Crippen LogP contribution in [0.15, 0.2) is 0 Å². The largest absolute Gasteiger partial charge is 0.294 e. The highest BCUT2D eigenvalue weighted by Gasteiger charge is 2.25. The Morgan fingerprint density at radius 3 is 2.64 bits per heavy atom. The maximum absolute atomic E-state index is 11.7. The van der Waals surface area contributed by atoms with Gasteiger partial charge in [-0.2, -0.15) is 0 Å². The third-order valence-electron chi connectivity index (χ3n) is 2.63. The highest BCUT2D eigenvalue weighted by Crippen LogP contribution is 2.25. The molecule has 0 N–H and O–H groups in total. The van der Waals surface area contributed by atoms with Gasteiger partial charge in [-0.05, 0) is 26.2 Å². The SMILES string of the molecule is Cc1nc(C)c2c(n1)CC(C)CC2=O. The fraction of sp³-hybridized carbons (Fsp3) is 0.545. The summed E-state index contributed by atoms with van der Waals surface area (Å²) in [6, 6.07) is 0. The van der Waals surface area contributed by atoms with Crippen molar-refractivity contribution in [3.8, 4) is 0 Å². The van der Waals surface area contributed by atoms with Crippen molar-refractivity contribution in [2.75, 3.05) is 0 Å². The van der Waals surface area contributed by atoms with Crippen molar-refractivity contribution in [1.29, 1.82) is 0 Å². The topological polar surface area (TPSA) is 42.9 Å². The van der Waals surface area contributed by atoms with Crippen molar-refractivity contribution in [2.24, 2.45) is 5.92 Å². The van der Waals surface area contributed by atoms with E-state index in [1.807, 2.05) is 13.8 Å². The lowest BCUT2D eigenvalue weighted by molar-refractivity contribution is 0.0950. The van der Waals surface area contributed by atoms with Crippen LogP contribution in [0.2, 0.25) is 0 Å². The number of hydrogen-bond acceptors (Lipinski definition) is 3. The molecule has 1 aromatic heterocycles. The number of carbonyl (C=O) groups excluding carboxylic acids is 1. The zero-order valence-electron chi connectivity index (χ0n) is 8.79. The molecule has 3 nitrogen and oxygen atoms in total. The second-order valence-corrected chi connectivity index (χ2v) is 4.11. The van der Waals surface area contributed by atoms with Crippen LogP contribution >= 0.6 is 0 Å². The molecule has 0 aromatic carbocycles. The summed E-state index contributed by atoms with van der Waals surface area (Å²) in [6.45, 7) is 5.85. The first-order chi connectivity index (χ1) is 6.58. The molecule has 1 aromatic rings. The molecule has 0 radical (unpaired) electrons. The van der Waals surface area contributed by atoms with Gasteiger partial charge in [0.05, 0.1) is 17.0 Å². The number of Topliss-reactive ketones (excluding diaryl/α,β-unsaturated/α-hetero) is 1. The molecule has 1 aliphatic rings. The normalized spacial score (nSPS) is 20.8. The van der Waals surface area contributed by atoms with E-state index in [2.05, 4.69) is 16.9 Å². The molecular weight excluding hydrogens is 176 g/mol. The van der Waals surface area contributed by atoms with Gasteiger partial charge in [-0.15, -0.1) is 0 Å². The Bertz CT molecular complexity index is 399. The van der Waals surface area contributed by atoms with Crippen molar-refractivity contribution >= 4 is 5.78 Å². The van der Waals surface area contributed by atoms with Crippen LogP contribution in [0.1, 0.15) is 40.9 Å². The van der Waals surface area contributed by atoms with Gasteiger partial charge in [-0.25, -0.2) is 9.97 Å². The minimum Gasteiger partial charge on any atom is -0.294 e. The van der Waals surface area contributed by atoms with Crippen molar-refractivity contribution < 1.29 is 4.79 Å². The van der Waals surface area contributed by atoms with Gasteiger partial charge in [0.2, 0.25) is 0 Å². The van der Waals surface area contributed by atoms with Crippen LogP contribution in [-0.4, -0.2) is 15.8 Å². The maximum atomic E-state index is 11.7. The quantitative estimate of drug-likeness (QED) is 0.627. The molecule has 74 valence electrons. The van der Waals surface area contributed by atoms with Crippen molar-refractivity contribution in [3.63, 3.8) is 0 Å². The van der Waals surface area contributed by atoms with E-state index in [0.717, 1.165) is 29.2 Å². The first-order valence-corrected chi connectivity index (χ1v) is 4.95. The third-order valence-corrected chi connectivity index (χ3v) is 2.63. The lowest BCUT2D eigenvalue weighted by Gasteiger charge is -2.20. The molecular formula is C11H14N2O. The summed E-state index contributed by atoms with van der Waals surface area (Å²) in [4.78, 5) is 20.3. The molecule has 0 bridgehead atoms. The fourth-order valence-electron chi connectivity index (χ4n) is 2.11. The number of ketones is 1. The summed E-state index contributed by atoms with van der Waals surface area (Å²) >= 11 is 0. The van der Waals surface area contributed by atoms with E-state index in [0.29, 0.717) is 12.3 Å². The van der Waals surface area contributed by atoms with E-state index in [1.54, 1.807) is 0 Å². The van der Waals surface area contributed by atoms with Crippen molar-refractivity contribution in [3.05, 3.63) is 22.8 Å². The Morgan fingerprint density at radius 2 is 1.93 bits per heavy atom. The van der Waals surface area contributed by atoms with E-state index >= 15 is 0 Å². The Kier molecular flexibility index (Phi) is 2.10.